The molecule has 8 heteroatoms. The number of likely N-dealkylation sites (N-methyl/N-ethyl adjacent to an activating group) is 1. The molecule has 0 radical (unpaired) electrons. The van der Waals surface area contributed by atoms with E-state index in [0.717, 1.165) is 18.5 Å². The number of pyridine rings is 1. The lowest BCUT2D eigenvalue weighted by Gasteiger charge is -2.33. The van der Waals surface area contributed by atoms with Crippen LogP contribution in [0, 0.1) is 0 Å². The van der Waals surface area contributed by atoms with Crippen molar-refractivity contribution < 1.29 is 14.4 Å². The molecule has 1 aromatic heterocycles. The standard InChI is InChI=1S/C26H35N5O3/c1-26(2,3)19-10-12-20(13-11-19)31(25(34)21-9-7-15-28-21)23(18-8-6-14-27-16-18)24(33)29-17-22(32)30(4)5/h6,8,10-14,16,21,23,28H,7,9,15,17H2,1-5H3,(H,29,33). The summed E-state index contributed by atoms with van der Waals surface area (Å²) in [4.78, 5) is 46.6. The first kappa shape index (κ1) is 25.4. The Morgan fingerprint density at radius 3 is 2.38 bits per heavy atom. The topological polar surface area (TPSA) is 94.6 Å². The lowest BCUT2D eigenvalue weighted by atomic mass is 9.87. The molecule has 3 rings (SSSR count). The van der Waals surface area contributed by atoms with E-state index in [1.165, 1.54) is 4.90 Å². The number of anilines is 1. The third-order valence-electron chi connectivity index (χ3n) is 6.03. The van der Waals surface area contributed by atoms with Crippen molar-refractivity contribution in [1.29, 1.82) is 0 Å². The van der Waals surface area contributed by atoms with Crippen molar-refractivity contribution in [1.82, 2.24) is 20.5 Å². The summed E-state index contributed by atoms with van der Waals surface area (Å²) in [5.41, 5.74) is 2.27. The smallest absolute Gasteiger partial charge is 0.248 e. The number of carbonyl (C=O) groups excluding carboxylic acids is 3. The van der Waals surface area contributed by atoms with Gasteiger partial charge in [0.2, 0.25) is 17.7 Å². The van der Waals surface area contributed by atoms with Crippen molar-refractivity contribution in [3.8, 4) is 0 Å². The molecule has 1 aliphatic heterocycles. The maximum absolute atomic E-state index is 13.8. The highest BCUT2D eigenvalue weighted by atomic mass is 16.2. The molecule has 1 aliphatic rings. The second kappa shape index (κ2) is 10.8. The van der Waals surface area contributed by atoms with Crippen LogP contribution in [0.15, 0.2) is 48.8 Å². The van der Waals surface area contributed by atoms with E-state index < -0.39 is 11.9 Å². The van der Waals surface area contributed by atoms with Gasteiger partial charge in [0.25, 0.3) is 0 Å². The number of nitrogens with one attached hydrogen (secondary N) is 2. The molecule has 2 N–H and O–H groups in total. The quantitative estimate of drug-likeness (QED) is 0.655. The number of benzene rings is 1. The van der Waals surface area contributed by atoms with E-state index >= 15 is 0 Å². The summed E-state index contributed by atoms with van der Waals surface area (Å²) in [5.74, 6) is -0.846. The maximum atomic E-state index is 13.8. The number of rotatable bonds is 7. The molecule has 2 aromatic rings. The van der Waals surface area contributed by atoms with Crippen LogP contribution in [0.25, 0.3) is 0 Å². The van der Waals surface area contributed by atoms with E-state index in [-0.39, 0.29) is 29.8 Å². The van der Waals surface area contributed by atoms with Crippen LogP contribution in [0.2, 0.25) is 0 Å². The van der Waals surface area contributed by atoms with Crippen LogP contribution in [0.3, 0.4) is 0 Å². The highest BCUT2D eigenvalue weighted by Gasteiger charge is 2.37. The predicted molar refractivity (Wildman–Crippen MR) is 132 cm³/mol. The zero-order chi connectivity index (χ0) is 24.9. The van der Waals surface area contributed by atoms with Crippen molar-refractivity contribution in [3.63, 3.8) is 0 Å². The average Bonchev–Trinajstić information content (AvgIpc) is 3.35. The summed E-state index contributed by atoms with van der Waals surface area (Å²) in [6.07, 6.45) is 4.81. The monoisotopic (exact) mass is 465 g/mol. The fraction of sp³-hybridized carbons (Fsp3) is 0.462. The molecule has 0 aliphatic carbocycles. The first-order chi connectivity index (χ1) is 16.1. The van der Waals surface area contributed by atoms with Gasteiger partial charge < -0.3 is 15.5 Å². The Bertz CT molecular complexity index is 993. The molecule has 1 fully saturated rings. The van der Waals surface area contributed by atoms with Crippen molar-refractivity contribution in [2.24, 2.45) is 0 Å². The molecule has 34 heavy (non-hydrogen) atoms. The van der Waals surface area contributed by atoms with Crippen LogP contribution >= 0.6 is 0 Å². The van der Waals surface area contributed by atoms with Gasteiger partial charge in [0.1, 0.15) is 6.04 Å². The van der Waals surface area contributed by atoms with Crippen LogP contribution in [0.1, 0.15) is 50.8 Å². The highest BCUT2D eigenvalue weighted by molar-refractivity contribution is 6.04. The van der Waals surface area contributed by atoms with Crippen LogP contribution in [0.5, 0.6) is 0 Å². The molecule has 3 amide bonds. The molecular weight excluding hydrogens is 430 g/mol. The van der Waals surface area contributed by atoms with Crippen LogP contribution in [-0.2, 0) is 19.8 Å². The molecule has 0 saturated carbocycles. The van der Waals surface area contributed by atoms with Crippen molar-refractivity contribution >= 4 is 23.4 Å². The molecule has 1 saturated heterocycles. The van der Waals surface area contributed by atoms with Gasteiger partial charge >= 0.3 is 0 Å². The van der Waals surface area contributed by atoms with Crippen LogP contribution in [0.4, 0.5) is 5.69 Å². The summed E-state index contributed by atoms with van der Waals surface area (Å²) in [5, 5.41) is 5.97. The Morgan fingerprint density at radius 2 is 1.85 bits per heavy atom. The number of carbonyl (C=O) groups is 3. The van der Waals surface area contributed by atoms with Gasteiger partial charge in [-0.3, -0.25) is 24.3 Å². The summed E-state index contributed by atoms with van der Waals surface area (Å²) >= 11 is 0. The summed E-state index contributed by atoms with van der Waals surface area (Å²) in [7, 11) is 3.26. The molecule has 1 aromatic carbocycles. The number of hydrogen-bond donors (Lipinski definition) is 2. The van der Waals surface area contributed by atoms with Gasteiger partial charge in [0.05, 0.1) is 12.6 Å². The third kappa shape index (κ3) is 5.99. The average molecular weight is 466 g/mol. The lowest BCUT2D eigenvalue weighted by molar-refractivity contribution is -0.132. The molecular formula is C26H35N5O3. The van der Waals surface area contributed by atoms with Gasteiger partial charge in [-0.05, 0) is 48.6 Å². The number of nitrogens with zero attached hydrogens (tertiary/aromatic N) is 3. The zero-order valence-corrected chi connectivity index (χ0v) is 20.7. The molecule has 2 unspecified atom stereocenters. The van der Waals surface area contributed by atoms with Gasteiger partial charge in [-0.2, -0.15) is 0 Å². The summed E-state index contributed by atoms with van der Waals surface area (Å²) < 4.78 is 0. The maximum Gasteiger partial charge on any atom is 0.248 e. The van der Waals surface area contributed by atoms with E-state index in [4.69, 9.17) is 0 Å². The predicted octanol–water partition coefficient (Wildman–Crippen LogP) is 2.41. The first-order valence-electron chi connectivity index (χ1n) is 11.6. The SMILES string of the molecule is CN(C)C(=O)CNC(=O)C(c1cccnc1)N(C(=O)C1CCCN1)c1ccc(C(C)(C)C)cc1. The van der Waals surface area contributed by atoms with Gasteiger partial charge in [0, 0.05) is 37.7 Å². The van der Waals surface area contributed by atoms with Gasteiger partial charge in [-0.1, -0.05) is 39.0 Å². The Balaban J connectivity index is 2.04. The summed E-state index contributed by atoms with van der Waals surface area (Å²) in [6.45, 7) is 6.98. The number of aromatic nitrogens is 1. The fourth-order valence-electron chi connectivity index (χ4n) is 3.96. The van der Waals surface area contributed by atoms with E-state index in [0.29, 0.717) is 17.7 Å². The minimum Gasteiger partial charge on any atom is -0.347 e. The number of amides is 3. The molecule has 0 spiro atoms. The minimum atomic E-state index is -0.973. The molecule has 8 nitrogen and oxygen atoms in total. The highest BCUT2D eigenvalue weighted by Crippen LogP contribution is 2.31. The fourth-order valence-corrected chi connectivity index (χ4v) is 3.96. The largest absolute Gasteiger partial charge is 0.347 e. The first-order valence-corrected chi connectivity index (χ1v) is 11.6. The molecule has 0 bridgehead atoms. The van der Waals surface area contributed by atoms with Gasteiger partial charge in [-0.25, -0.2) is 0 Å². The molecule has 2 heterocycles. The zero-order valence-electron chi connectivity index (χ0n) is 20.7. The summed E-state index contributed by atoms with van der Waals surface area (Å²) in [6, 6.07) is 9.91. The minimum absolute atomic E-state index is 0.0486. The third-order valence-corrected chi connectivity index (χ3v) is 6.03. The van der Waals surface area contributed by atoms with Gasteiger partial charge in [-0.15, -0.1) is 0 Å². The second-order valence-electron chi connectivity index (χ2n) is 9.85. The van der Waals surface area contributed by atoms with Crippen LogP contribution in [-0.4, -0.2) is 60.8 Å². The normalized spacial score (nSPS) is 16.6. The van der Waals surface area contributed by atoms with Gasteiger partial charge in [0.15, 0.2) is 0 Å². The Kier molecular flexibility index (Phi) is 8.04. The second-order valence-corrected chi connectivity index (χ2v) is 9.85. The molecule has 182 valence electrons. The van der Waals surface area contributed by atoms with Crippen molar-refractivity contribution in [3.05, 3.63) is 59.9 Å². The van der Waals surface area contributed by atoms with Crippen molar-refractivity contribution in [2.45, 2.75) is 51.1 Å². The van der Waals surface area contributed by atoms with E-state index in [2.05, 4.69) is 36.4 Å². The Labute approximate surface area is 201 Å². The van der Waals surface area contributed by atoms with Crippen molar-refractivity contribution in [2.75, 3.05) is 32.1 Å². The number of hydrogen-bond acceptors (Lipinski definition) is 5. The Morgan fingerprint density at radius 1 is 1.15 bits per heavy atom. The van der Waals surface area contributed by atoms with E-state index in [9.17, 15) is 14.4 Å². The van der Waals surface area contributed by atoms with E-state index in [1.807, 2.05) is 24.3 Å². The lowest BCUT2D eigenvalue weighted by Crippen LogP contribution is -2.51. The van der Waals surface area contributed by atoms with E-state index in [1.54, 1.807) is 43.5 Å². The Hall–Kier alpha value is -3.26. The van der Waals surface area contributed by atoms with Crippen LogP contribution < -0.4 is 15.5 Å². The molecule has 2 atom stereocenters.